The average molecular weight is 616 g/mol. The molecule has 0 fully saturated rings. The molecule has 3 rings (SSSR count). The number of aliphatic hydroxyl groups is 3. The molecule has 3 aromatic rings. The molecule has 1 aromatic heterocycles. The Morgan fingerprint density at radius 2 is 1.69 bits per heavy atom. The molecule has 1 heterocycles. The monoisotopic (exact) mass is 615 g/mol. The van der Waals surface area contributed by atoms with E-state index >= 15 is 0 Å². The van der Waals surface area contributed by atoms with Crippen molar-refractivity contribution in [2.75, 3.05) is 19.1 Å². The molecule has 0 amide bonds. The first-order valence-corrected chi connectivity index (χ1v) is 12.8. The number of hydrogen-bond donors (Lipinski definition) is 3. The van der Waals surface area contributed by atoms with Crippen LogP contribution >= 0.6 is 34.2 Å². The molecule has 2 aromatic carbocycles. The largest absolute Gasteiger partial charge is 0.491 e. The maximum absolute atomic E-state index is 10.3. The lowest BCUT2D eigenvalue weighted by molar-refractivity contribution is 0.0881. The SMILES string of the molecule is Cc1cc(C(C)(C)c2ccc(OC[C@H](O)Cn3nnc(CO)c3I)cc2)ccc1OC[C@H](O)CCl. The quantitative estimate of drug-likeness (QED) is 0.212. The van der Waals surface area contributed by atoms with Crippen LogP contribution in [0.2, 0.25) is 0 Å². The Hall–Kier alpha value is -1.92. The molecule has 0 aliphatic carbocycles. The summed E-state index contributed by atoms with van der Waals surface area (Å²) in [6.07, 6.45) is -1.47. The van der Waals surface area contributed by atoms with Crippen molar-refractivity contribution in [3.63, 3.8) is 0 Å². The summed E-state index contributed by atoms with van der Waals surface area (Å²) in [6, 6.07) is 13.9. The molecular weight excluding hydrogens is 585 g/mol. The van der Waals surface area contributed by atoms with E-state index in [4.69, 9.17) is 21.1 Å². The molecule has 2 atom stereocenters. The van der Waals surface area contributed by atoms with Gasteiger partial charge in [-0.1, -0.05) is 43.3 Å². The smallest absolute Gasteiger partial charge is 0.125 e. The Kier molecular flexibility index (Phi) is 9.77. The summed E-state index contributed by atoms with van der Waals surface area (Å²) < 4.78 is 13.7. The van der Waals surface area contributed by atoms with Gasteiger partial charge in [0, 0.05) is 5.41 Å². The van der Waals surface area contributed by atoms with Crippen molar-refractivity contribution in [1.82, 2.24) is 15.0 Å². The zero-order chi connectivity index (χ0) is 25.6. The van der Waals surface area contributed by atoms with Crippen LogP contribution in [0.3, 0.4) is 0 Å². The van der Waals surface area contributed by atoms with Crippen LogP contribution in [-0.4, -0.2) is 61.6 Å². The van der Waals surface area contributed by atoms with Crippen LogP contribution in [0.4, 0.5) is 0 Å². The van der Waals surface area contributed by atoms with Crippen molar-refractivity contribution in [3.05, 3.63) is 68.5 Å². The topological polar surface area (TPSA) is 110 Å². The third-order valence-electron chi connectivity index (χ3n) is 5.80. The van der Waals surface area contributed by atoms with Crippen LogP contribution in [0.15, 0.2) is 42.5 Å². The summed E-state index contributed by atoms with van der Waals surface area (Å²) >= 11 is 7.68. The number of aliphatic hydroxyl groups excluding tert-OH is 3. The third kappa shape index (κ3) is 7.07. The molecule has 0 spiro atoms. The van der Waals surface area contributed by atoms with Gasteiger partial charge in [0.25, 0.3) is 0 Å². The van der Waals surface area contributed by atoms with Gasteiger partial charge in [0.2, 0.25) is 0 Å². The Balaban J connectivity index is 1.60. The predicted octanol–water partition coefficient (Wildman–Crippen LogP) is 3.43. The summed E-state index contributed by atoms with van der Waals surface area (Å²) in [4.78, 5) is 0. The van der Waals surface area contributed by atoms with Crippen molar-refractivity contribution < 1.29 is 24.8 Å². The van der Waals surface area contributed by atoms with Crippen LogP contribution in [0.5, 0.6) is 11.5 Å². The molecule has 0 aliphatic rings. The second-order valence-corrected chi connectivity index (χ2v) is 10.2. The molecule has 10 heteroatoms. The maximum Gasteiger partial charge on any atom is 0.125 e. The van der Waals surface area contributed by atoms with Gasteiger partial charge in [-0.25, -0.2) is 4.68 Å². The molecule has 0 radical (unpaired) electrons. The van der Waals surface area contributed by atoms with Crippen LogP contribution in [0.25, 0.3) is 0 Å². The second-order valence-electron chi connectivity index (χ2n) is 8.88. The zero-order valence-electron chi connectivity index (χ0n) is 20.0. The lowest BCUT2D eigenvalue weighted by atomic mass is 9.77. The van der Waals surface area contributed by atoms with E-state index in [0.29, 0.717) is 15.1 Å². The highest BCUT2D eigenvalue weighted by atomic mass is 127. The zero-order valence-corrected chi connectivity index (χ0v) is 22.9. The van der Waals surface area contributed by atoms with E-state index in [-0.39, 0.29) is 37.7 Å². The average Bonchev–Trinajstić information content (AvgIpc) is 3.20. The number of benzene rings is 2. The number of nitrogens with zero attached hydrogens (tertiary/aromatic N) is 3. The van der Waals surface area contributed by atoms with E-state index in [1.807, 2.05) is 65.9 Å². The van der Waals surface area contributed by atoms with E-state index in [2.05, 4.69) is 30.2 Å². The Morgan fingerprint density at radius 3 is 2.29 bits per heavy atom. The first kappa shape index (κ1) is 27.7. The van der Waals surface area contributed by atoms with Gasteiger partial charge in [-0.15, -0.1) is 16.7 Å². The summed E-state index contributed by atoms with van der Waals surface area (Å²) in [5, 5.41) is 37.0. The lowest BCUT2D eigenvalue weighted by Crippen LogP contribution is -2.25. The molecule has 35 heavy (non-hydrogen) atoms. The number of aromatic nitrogens is 3. The second kappa shape index (κ2) is 12.4. The van der Waals surface area contributed by atoms with E-state index < -0.39 is 12.2 Å². The van der Waals surface area contributed by atoms with Crippen LogP contribution in [-0.2, 0) is 18.6 Å². The maximum atomic E-state index is 10.3. The summed E-state index contributed by atoms with van der Waals surface area (Å²) in [7, 11) is 0. The molecule has 8 nitrogen and oxygen atoms in total. The van der Waals surface area contributed by atoms with Crippen molar-refractivity contribution in [2.24, 2.45) is 0 Å². The highest BCUT2D eigenvalue weighted by molar-refractivity contribution is 14.1. The van der Waals surface area contributed by atoms with Crippen molar-refractivity contribution in [1.29, 1.82) is 0 Å². The molecule has 0 saturated carbocycles. The van der Waals surface area contributed by atoms with E-state index in [0.717, 1.165) is 22.4 Å². The number of halogens is 2. The standard InChI is InChI=1S/C25H31ClIN3O5/c1-16-10-18(6-9-23(16)35-14-19(32)11-26)25(2,3)17-4-7-21(8-5-17)34-15-20(33)12-30-24(27)22(13-31)28-29-30/h4-10,19-20,31-33H,11-15H2,1-3H3/t19-,20-/m1/s1. The van der Waals surface area contributed by atoms with E-state index in [1.54, 1.807) is 4.68 Å². The number of rotatable bonds is 12. The Bertz CT molecular complexity index is 1110. The van der Waals surface area contributed by atoms with Gasteiger partial charge in [0.05, 0.1) is 19.0 Å². The third-order valence-corrected chi connectivity index (χ3v) is 7.33. The van der Waals surface area contributed by atoms with E-state index in [9.17, 15) is 15.3 Å². The van der Waals surface area contributed by atoms with Gasteiger partial charge in [0.15, 0.2) is 0 Å². The molecule has 0 bridgehead atoms. The van der Waals surface area contributed by atoms with Gasteiger partial charge in [0.1, 0.15) is 46.3 Å². The molecule has 0 aliphatic heterocycles. The number of aryl methyl sites for hydroxylation is 1. The molecule has 0 saturated heterocycles. The Labute approximate surface area is 224 Å². The first-order valence-electron chi connectivity index (χ1n) is 11.2. The normalized spacial score (nSPS) is 13.5. The Morgan fingerprint density at radius 1 is 1.03 bits per heavy atom. The van der Waals surface area contributed by atoms with Crippen LogP contribution in [0, 0.1) is 10.6 Å². The summed E-state index contributed by atoms with van der Waals surface area (Å²) in [5.41, 5.74) is 3.46. The first-order chi connectivity index (χ1) is 16.6. The minimum Gasteiger partial charge on any atom is -0.491 e. The fourth-order valence-electron chi connectivity index (χ4n) is 3.56. The number of alkyl halides is 1. The molecule has 0 unspecified atom stereocenters. The fraction of sp³-hybridized carbons (Fsp3) is 0.440. The number of hydrogen-bond acceptors (Lipinski definition) is 7. The van der Waals surface area contributed by atoms with Gasteiger partial charge in [-0.2, -0.15) is 0 Å². The highest BCUT2D eigenvalue weighted by Gasteiger charge is 2.24. The minimum atomic E-state index is -0.776. The van der Waals surface area contributed by atoms with Crippen molar-refractivity contribution >= 4 is 34.2 Å². The lowest BCUT2D eigenvalue weighted by Gasteiger charge is -2.27. The van der Waals surface area contributed by atoms with Gasteiger partial charge in [-0.05, 0) is 64.4 Å². The van der Waals surface area contributed by atoms with Crippen molar-refractivity contribution in [2.45, 2.75) is 51.5 Å². The molecule has 190 valence electrons. The van der Waals surface area contributed by atoms with Gasteiger partial charge >= 0.3 is 0 Å². The van der Waals surface area contributed by atoms with Crippen LogP contribution < -0.4 is 9.47 Å². The fourth-order valence-corrected chi connectivity index (χ4v) is 4.22. The van der Waals surface area contributed by atoms with Gasteiger partial charge < -0.3 is 24.8 Å². The molecule has 3 N–H and O–H groups in total. The highest BCUT2D eigenvalue weighted by Crippen LogP contribution is 2.34. The molecular formula is C25H31ClIN3O5. The van der Waals surface area contributed by atoms with Gasteiger partial charge in [-0.3, -0.25) is 0 Å². The predicted molar refractivity (Wildman–Crippen MR) is 142 cm³/mol. The minimum absolute atomic E-state index is 0.103. The summed E-state index contributed by atoms with van der Waals surface area (Å²) in [6.45, 7) is 6.58. The summed E-state index contributed by atoms with van der Waals surface area (Å²) in [5.74, 6) is 1.52. The van der Waals surface area contributed by atoms with E-state index in [1.165, 1.54) is 0 Å². The number of ether oxygens (including phenoxy) is 2. The van der Waals surface area contributed by atoms with Crippen molar-refractivity contribution in [3.8, 4) is 11.5 Å². The van der Waals surface area contributed by atoms with Crippen LogP contribution in [0.1, 0.15) is 36.2 Å².